The summed E-state index contributed by atoms with van der Waals surface area (Å²) in [5, 5.41) is 15.4. The first kappa shape index (κ1) is 20.3. The Morgan fingerprint density at radius 1 is 1.28 bits per heavy atom. The summed E-state index contributed by atoms with van der Waals surface area (Å²) in [7, 11) is 1.58. The fourth-order valence-electron chi connectivity index (χ4n) is 2.99. The first-order chi connectivity index (χ1) is 14.1. The van der Waals surface area contributed by atoms with Crippen molar-refractivity contribution in [2.45, 2.75) is 6.42 Å². The van der Waals surface area contributed by atoms with E-state index in [2.05, 4.69) is 10.5 Å². The van der Waals surface area contributed by atoms with E-state index in [9.17, 15) is 14.9 Å². The molecule has 1 N–H and O–H groups in total. The average Bonchev–Trinajstić information content (AvgIpc) is 2.75. The molecule has 0 bridgehead atoms. The smallest absolute Gasteiger partial charge is 0.293 e. The van der Waals surface area contributed by atoms with Crippen LogP contribution < -0.4 is 15.1 Å². The second-order valence-electron chi connectivity index (χ2n) is 6.42. The molecule has 0 aromatic heterocycles. The molecule has 2 aromatic carbocycles. The number of hydrazone groups is 1. The molecule has 0 spiro atoms. The van der Waals surface area contributed by atoms with Crippen molar-refractivity contribution < 1.29 is 19.2 Å². The molecule has 2 aromatic rings. The molecule has 1 saturated heterocycles. The summed E-state index contributed by atoms with van der Waals surface area (Å²) in [5.74, 6) is 0.431. The van der Waals surface area contributed by atoms with Gasteiger partial charge in [0.1, 0.15) is 11.4 Å². The highest BCUT2D eigenvalue weighted by Gasteiger charge is 2.21. The molecule has 1 heterocycles. The number of methoxy groups -OCH3 is 1. The molecule has 152 valence electrons. The highest BCUT2D eigenvalue weighted by molar-refractivity contribution is 5.85. The Bertz CT molecular complexity index is 892. The summed E-state index contributed by atoms with van der Waals surface area (Å²) in [6, 6.07) is 12.0. The SMILES string of the molecule is COc1ccc(CC(=O)N/N=C\c2ccc(N3CCOCC3)c([N+](=O)[O-])c2)cc1. The van der Waals surface area contributed by atoms with Gasteiger partial charge in [-0.05, 0) is 23.8 Å². The van der Waals surface area contributed by atoms with Gasteiger partial charge in [-0.1, -0.05) is 18.2 Å². The van der Waals surface area contributed by atoms with Gasteiger partial charge in [0.15, 0.2) is 0 Å². The van der Waals surface area contributed by atoms with E-state index in [0.29, 0.717) is 43.3 Å². The largest absolute Gasteiger partial charge is 0.497 e. The molecule has 0 unspecified atom stereocenters. The van der Waals surface area contributed by atoms with E-state index in [1.807, 2.05) is 4.90 Å². The van der Waals surface area contributed by atoms with Crippen LogP contribution in [-0.2, 0) is 16.0 Å². The van der Waals surface area contributed by atoms with Crippen molar-refractivity contribution in [1.29, 1.82) is 0 Å². The van der Waals surface area contributed by atoms with Crippen LogP contribution in [0.3, 0.4) is 0 Å². The van der Waals surface area contributed by atoms with Crippen molar-refractivity contribution in [1.82, 2.24) is 5.43 Å². The lowest BCUT2D eigenvalue weighted by Crippen LogP contribution is -2.36. The van der Waals surface area contributed by atoms with Crippen LogP contribution in [0.4, 0.5) is 11.4 Å². The summed E-state index contributed by atoms with van der Waals surface area (Å²) in [6.45, 7) is 2.30. The lowest BCUT2D eigenvalue weighted by atomic mass is 10.1. The maximum atomic E-state index is 12.0. The van der Waals surface area contributed by atoms with Crippen molar-refractivity contribution in [3.8, 4) is 5.75 Å². The molecular formula is C20H22N4O5. The Hall–Kier alpha value is -3.46. The molecule has 1 amide bonds. The molecular weight excluding hydrogens is 376 g/mol. The molecule has 1 fully saturated rings. The number of ether oxygens (including phenoxy) is 2. The van der Waals surface area contributed by atoms with Crippen LogP contribution in [0.1, 0.15) is 11.1 Å². The van der Waals surface area contributed by atoms with Gasteiger partial charge in [-0.15, -0.1) is 0 Å². The highest BCUT2D eigenvalue weighted by Crippen LogP contribution is 2.29. The number of morpholine rings is 1. The summed E-state index contributed by atoms with van der Waals surface area (Å²) >= 11 is 0. The van der Waals surface area contributed by atoms with Crippen molar-refractivity contribution >= 4 is 23.5 Å². The van der Waals surface area contributed by atoms with Crippen LogP contribution >= 0.6 is 0 Å². The van der Waals surface area contributed by atoms with E-state index >= 15 is 0 Å². The van der Waals surface area contributed by atoms with Gasteiger partial charge < -0.3 is 14.4 Å². The second-order valence-corrected chi connectivity index (χ2v) is 6.42. The maximum Gasteiger partial charge on any atom is 0.293 e. The van der Waals surface area contributed by atoms with Crippen LogP contribution in [0.25, 0.3) is 0 Å². The van der Waals surface area contributed by atoms with E-state index in [0.717, 1.165) is 5.56 Å². The third-order valence-corrected chi connectivity index (χ3v) is 4.47. The van der Waals surface area contributed by atoms with Gasteiger partial charge >= 0.3 is 0 Å². The molecule has 9 nitrogen and oxygen atoms in total. The second kappa shape index (κ2) is 9.65. The molecule has 0 atom stereocenters. The first-order valence-electron chi connectivity index (χ1n) is 9.13. The molecule has 0 saturated carbocycles. The van der Waals surface area contributed by atoms with E-state index in [1.165, 1.54) is 12.3 Å². The number of carbonyl (C=O) groups excluding carboxylic acids is 1. The van der Waals surface area contributed by atoms with E-state index in [-0.39, 0.29) is 18.0 Å². The Labute approximate surface area is 168 Å². The Balaban J connectivity index is 1.62. The van der Waals surface area contributed by atoms with E-state index in [4.69, 9.17) is 9.47 Å². The van der Waals surface area contributed by atoms with Crippen LogP contribution in [0.15, 0.2) is 47.6 Å². The number of benzene rings is 2. The van der Waals surface area contributed by atoms with Gasteiger partial charge in [0.2, 0.25) is 5.91 Å². The normalized spacial score (nSPS) is 14.0. The molecule has 0 aliphatic carbocycles. The zero-order valence-electron chi connectivity index (χ0n) is 16.0. The zero-order chi connectivity index (χ0) is 20.6. The van der Waals surface area contributed by atoms with Gasteiger partial charge in [-0.25, -0.2) is 5.43 Å². The monoisotopic (exact) mass is 398 g/mol. The summed E-state index contributed by atoms with van der Waals surface area (Å²) in [6.07, 6.45) is 1.56. The zero-order valence-corrected chi connectivity index (χ0v) is 16.0. The fourth-order valence-corrected chi connectivity index (χ4v) is 2.99. The molecule has 3 rings (SSSR count). The number of nitrogens with zero attached hydrogens (tertiary/aromatic N) is 3. The molecule has 9 heteroatoms. The number of hydrogen-bond acceptors (Lipinski definition) is 7. The maximum absolute atomic E-state index is 12.0. The Morgan fingerprint density at radius 2 is 2.00 bits per heavy atom. The third kappa shape index (κ3) is 5.52. The fraction of sp³-hybridized carbons (Fsp3) is 0.300. The minimum Gasteiger partial charge on any atom is -0.497 e. The number of anilines is 1. The molecule has 0 radical (unpaired) electrons. The quantitative estimate of drug-likeness (QED) is 0.435. The first-order valence-corrected chi connectivity index (χ1v) is 9.13. The minimum absolute atomic E-state index is 0.000379. The van der Waals surface area contributed by atoms with Crippen LogP contribution in [0.2, 0.25) is 0 Å². The molecule has 1 aliphatic heterocycles. The summed E-state index contributed by atoms with van der Waals surface area (Å²) in [4.78, 5) is 25.0. The number of rotatable bonds is 7. The van der Waals surface area contributed by atoms with Gasteiger partial charge in [0, 0.05) is 24.7 Å². The number of amides is 1. The van der Waals surface area contributed by atoms with Gasteiger partial charge in [0.25, 0.3) is 5.69 Å². The molecule has 1 aliphatic rings. The Morgan fingerprint density at radius 3 is 2.66 bits per heavy atom. The van der Waals surface area contributed by atoms with Crippen molar-refractivity contribution in [2.75, 3.05) is 38.3 Å². The predicted octanol–water partition coefficient (Wildman–Crippen LogP) is 2.13. The van der Waals surface area contributed by atoms with Crippen molar-refractivity contribution in [2.24, 2.45) is 5.10 Å². The highest BCUT2D eigenvalue weighted by atomic mass is 16.6. The lowest BCUT2D eigenvalue weighted by molar-refractivity contribution is -0.384. The van der Waals surface area contributed by atoms with E-state index < -0.39 is 4.92 Å². The standard InChI is InChI=1S/C20H22N4O5/c1-28-17-5-2-15(3-6-17)13-20(25)22-21-14-16-4-7-18(19(12-16)24(26)27)23-8-10-29-11-9-23/h2-7,12,14H,8-11,13H2,1H3,(H,22,25)/b21-14-. The van der Waals surface area contributed by atoms with Gasteiger partial charge in [-0.2, -0.15) is 5.10 Å². The number of nitrogens with one attached hydrogen (secondary N) is 1. The van der Waals surface area contributed by atoms with Crippen LogP contribution in [0, 0.1) is 10.1 Å². The number of carbonyl (C=O) groups is 1. The summed E-state index contributed by atoms with van der Waals surface area (Å²) in [5.41, 5.74) is 4.34. The van der Waals surface area contributed by atoms with Gasteiger partial charge in [0.05, 0.1) is 37.9 Å². The van der Waals surface area contributed by atoms with Crippen LogP contribution in [-0.4, -0.2) is 50.5 Å². The number of hydrogen-bond donors (Lipinski definition) is 1. The predicted molar refractivity (Wildman–Crippen MR) is 109 cm³/mol. The van der Waals surface area contributed by atoms with E-state index in [1.54, 1.807) is 43.5 Å². The summed E-state index contributed by atoms with van der Waals surface area (Å²) < 4.78 is 10.4. The number of nitro groups is 1. The van der Waals surface area contributed by atoms with Crippen molar-refractivity contribution in [3.05, 3.63) is 63.7 Å². The Kier molecular flexibility index (Phi) is 6.75. The lowest BCUT2D eigenvalue weighted by Gasteiger charge is -2.28. The number of nitro benzene ring substituents is 1. The van der Waals surface area contributed by atoms with Gasteiger partial charge in [-0.3, -0.25) is 14.9 Å². The van der Waals surface area contributed by atoms with Crippen LogP contribution in [0.5, 0.6) is 5.75 Å². The molecule has 29 heavy (non-hydrogen) atoms. The third-order valence-electron chi connectivity index (χ3n) is 4.47. The topological polar surface area (TPSA) is 106 Å². The minimum atomic E-state index is -0.412. The average molecular weight is 398 g/mol. The van der Waals surface area contributed by atoms with Crippen molar-refractivity contribution in [3.63, 3.8) is 0 Å².